The van der Waals surface area contributed by atoms with Crippen molar-refractivity contribution in [3.05, 3.63) is 0 Å². The minimum Gasteiger partial charge on any atom is -0.335 e. The molecule has 9 heteroatoms. The van der Waals surface area contributed by atoms with E-state index in [1.807, 2.05) is 0 Å². The van der Waals surface area contributed by atoms with Gasteiger partial charge in [0.2, 0.25) is 5.91 Å². The maximum Gasteiger partial charge on any atom is 0.469 e. The number of phosphoric acid groups is 1. The third-order valence-corrected chi connectivity index (χ3v) is 2.88. The molecule has 99 valence electrons. The lowest BCUT2D eigenvalue weighted by Gasteiger charge is -2.35. The molecule has 17 heavy (non-hydrogen) atoms. The second-order valence-electron chi connectivity index (χ2n) is 3.72. The molecule has 3 N–H and O–H groups in total. The average molecular weight is 267 g/mol. The summed E-state index contributed by atoms with van der Waals surface area (Å²) in [5, 5.41) is 13.2. The minimum absolute atomic E-state index is 0.172. The lowest BCUT2D eigenvalue weighted by Crippen LogP contribution is -2.56. The zero-order valence-electron chi connectivity index (χ0n) is 9.24. The van der Waals surface area contributed by atoms with Gasteiger partial charge in [0, 0.05) is 13.1 Å². The van der Waals surface area contributed by atoms with Gasteiger partial charge in [-0.15, -0.1) is 0 Å². The second kappa shape index (κ2) is 6.44. The third-order valence-electron chi connectivity index (χ3n) is 2.40. The first-order chi connectivity index (χ1) is 7.94. The standard InChI is InChI=1S/C8H16N2O6P/c11-3-1-2-10-7(4-9-5-8(10)12)6-16-17(13,14)15/h7,9H,1-6H2,(H2,13,14,15). The Morgan fingerprint density at radius 1 is 1.53 bits per heavy atom. The van der Waals surface area contributed by atoms with E-state index in [-0.39, 0.29) is 25.7 Å². The minimum atomic E-state index is -4.53. The maximum atomic E-state index is 11.5. The number of nitrogens with one attached hydrogen (secondary N) is 1. The molecule has 0 aliphatic carbocycles. The van der Waals surface area contributed by atoms with Gasteiger partial charge in [0.25, 0.3) is 0 Å². The molecule has 0 aromatic heterocycles. The van der Waals surface area contributed by atoms with E-state index in [0.29, 0.717) is 19.5 Å². The van der Waals surface area contributed by atoms with Crippen molar-refractivity contribution in [1.29, 1.82) is 0 Å². The van der Waals surface area contributed by atoms with Crippen LogP contribution in [0.1, 0.15) is 6.42 Å². The van der Waals surface area contributed by atoms with E-state index in [2.05, 4.69) is 9.84 Å². The molecule has 1 unspecified atom stereocenters. The lowest BCUT2D eigenvalue weighted by molar-refractivity contribution is -0.136. The van der Waals surface area contributed by atoms with Gasteiger partial charge in [0.05, 0.1) is 25.8 Å². The summed E-state index contributed by atoms with van der Waals surface area (Å²) in [7, 11) is -4.53. The first-order valence-electron chi connectivity index (χ1n) is 5.22. The molecular weight excluding hydrogens is 251 g/mol. The molecule has 1 rings (SSSR count). The van der Waals surface area contributed by atoms with Gasteiger partial charge in [-0.25, -0.2) is 9.67 Å². The molecule has 1 fully saturated rings. The van der Waals surface area contributed by atoms with Crippen molar-refractivity contribution in [3.63, 3.8) is 0 Å². The van der Waals surface area contributed by atoms with Crippen LogP contribution in [0.5, 0.6) is 0 Å². The number of phosphoric ester groups is 1. The normalized spacial score (nSPS) is 21.9. The van der Waals surface area contributed by atoms with Crippen molar-refractivity contribution in [2.24, 2.45) is 0 Å². The summed E-state index contributed by atoms with van der Waals surface area (Å²) in [6.07, 6.45) is 0.318. The van der Waals surface area contributed by atoms with Gasteiger partial charge >= 0.3 is 7.82 Å². The Hall–Kier alpha value is -0.500. The molecule has 1 saturated heterocycles. The van der Waals surface area contributed by atoms with Crippen LogP contribution < -0.4 is 5.32 Å². The molecule has 0 aromatic carbocycles. The monoisotopic (exact) mass is 267 g/mol. The Morgan fingerprint density at radius 3 is 2.82 bits per heavy atom. The Bertz CT molecular complexity index is 306. The van der Waals surface area contributed by atoms with E-state index >= 15 is 0 Å². The molecule has 1 radical (unpaired) electrons. The number of hydrogen-bond acceptors (Lipinski definition) is 4. The van der Waals surface area contributed by atoms with Gasteiger partial charge < -0.3 is 20.0 Å². The highest BCUT2D eigenvalue weighted by molar-refractivity contribution is 7.46. The molecule has 8 nitrogen and oxygen atoms in total. The summed E-state index contributed by atoms with van der Waals surface area (Å²) in [6.45, 7) is 0.320. The van der Waals surface area contributed by atoms with E-state index in [9.17, 15) is 14.5 Å². The van der Waals surface area contributed by atoms with Crippen molar-refractivity contribution in [1.82, 2.24) is 10.2 Å². The molecule has 1 atom stereocenters. The van der Waals surface area contributed by atoms with Gasteiger partial charge in [-0.1, -0.05) is 0 Å². The Balaban J connectivity index is 2.53. The topological polar surface area (TPSA) is 119 Å². The third kappa shape index (κ3) is 5.12. The highest BCUT2D eigenvalue weighted by Crippen LogP contribution is 2.36. The van der Waals surface area contributed by atoms with Gasteiger partial charge in [0.15, 0.2) is 0 Å². The number of rotatable bonds is 6. The van der Waals surface area contributed by atoms with Crippen LogP contribution in [0.2, 0.25) is 0 Å². The van der Waals surface area contributed by atoms with Crippen LogP contribution in [-0.4, -0.2) is 59.5 Å². The van der Waals surface area contributed by atoms with Crippen molar-refractivity contribution in [2.45, 2.75) is 12.5 Å². The Labute approximate surface area is 98.8 Å². The van der Waals surface area contributed by atoms with E-state index in [0.717, 1.165) is 0 Å². The van der Waals surface area contributed by atoms with E-state index in [1.165, 1.54) is 4.90 Å². The number of nitrogens with zero attached hydrogens (tertiary/aromatic N) is 1. The molecule has 1 aliphatic heterocycles. The van der Waals surface area contributed by atoms with E-state index in [1.54, 1.807) is 0 Å². The van der Waals surface area contributed by atoms with Gasteiger partial charge in [-0.05, 0) is 6.42 Å². The van der Waals surface area contributed by atoms with Crippen molar-refractivity contribution in [3.8, 4) is 0 Å². The van der Waals surface area contributed by atoms with Crippen molar-refractivity contribution in [2.75, 3.05) is 32.8 Å². The average Bonchev–Trinajstić information content (AvgIpc) is 2.24. The maximum absolute atomic E-state index is 11.5. The van der Waals surface area contributed by atoms with Crippen LogP contribution in [0.25, 0.3) is 0 Å². The van der Waals surface area contributed by atoms with Crippen LogP contribution in [0.3, 0.4) is 0 Å². The zero-order chi connectivity index (χ0) is 12.9. The van der Waals surface area contributed by atoms with Crippen LogP contribution in [-0.2, 0) is 19.0 Å². The van der Waals surface area contributed by atoms with E-state index < -0.39 is 13.9 Å². The molecule has 1 aliphatic rings. The number of hydrogen-bond donors (Lipinski definition) is 3. The van der Waals surface area contributed by atoms with Gasteiger partial charge in [0.1, 0.15) is 0 Å². The molecule has 0 bridgehead atoms. The number of carbonyl (C=O) groups is 1. The quantitative estimate of drug-likeness (QED) is 0.515. The molecule has 1 heterocycles. The van der Waals surface area contributed by atoms with Gasteiger partial charge in [-0.3, -0.25) is 9.32 Å². The smallest absolute Gasteiger partial charge is 0.335 e. The fraction of sp³-hybridized carbons (Fsp3) is 0.875. The van der Waals surface area contributed by atoms with Crippen LogP contribution >= 0.6 is 7.82 Å². The molecule has 0 spiro atoms. The van der Waals surface area contributed by atoms with Crippen molar-refractivity contribution < 1.29 is 28.8 Å². The molecular formula is C8H16N2O6P. The zero-order valence-corrected chi connectivity index (χ0v) is 10.1. The van der Waals surface area contributed by atoms with Crippen molar-refractivity contribution >= 4 is 13.7 Å². The molecule has 0 saturated carbocycles. The fourth-order valence-electron chi connectivity index (χ4n) is 1.64. The van der Waals surface area contributed by atoms with E-state index in [4.69, 9.17) is 9.79 Å². The Morgan fingerprint density at radius 2 is 2.24 bits per heavy atom. The Kier molecular flexibility index (Phi) is 5.51. The number of amides is 1. The highest BCUT2D eigenvalue weighted by atomic mass is 31.2. The number of carbonyl (C=O) groups excluding carboxylic acids is 1. The summed E-state index contributed by atoms with van der Waals surface area (Å²) >= 11 is 0. The first-order valence-corrected chi connectivity index (χ1v) is 6.75. The number of piperazine rings is 1. The summed E-state index contributed by atoms with van der Waals surface area (Å²) in [4.78, 5) is 30.2. The van der Waals surface area contributed by atoms with Crippen LogP contribution in [0, 0.1) is 0 Å². The largest absolute Gasteiger partial charge is 0.469 e. The predicted octanol–water partition coefficient (Wildman–Crippen LogP) is -1.28. The lowest BCUT2D eigenvalue weighted by atomic mass is 10.2. The van der Waals surface area contributed by atoms with Crippen LogP contribution in [0.15, 0.2) is 0 Å². The SMILES string of the molecule is [O]CCCN1C(=O)CNCC1COP(=O)(O)O. The molecule has 1 amide bonds. The fourth-order valence-corrected chi connectivity index (χ4v) is 2.00. The molecule has 0 aromatic rings. The summed E-state index contributed by atoms with van der Waals surface area (Å²) < 4.78 is 15.0. The van der Waals surface area contributed by atoms with Gasteiger partial charge in [-0.2, -0.15) is 0 Å². The summed E-state index contributed by atoms with van der Waals surface area (Å²) in [5.41, 5.74) is 0. The second-order valence-corrected chi connectivity index (χ2v) is 4.96. The van der Waals surface area contributed by atoms with Crippen LogP contribution in [0.4, 0.5) is 0 Å². The first kappa shape index (κ1) is 14.6. The summed E-state index contributed by atoms with van der Waals surface area (Å²) in [5.74, 6) is -0.191. The highest BCUT2D eigenvalue weighted by Gasteiger charge is 2.29. The summed E-state index contributed by atoms with van der Waals surface area (Å²) in [6, 6.07) is -0.449. The predicted molar refractivity (Wildman–Crippen MR) is 56.5 cm³/mol.